The summed E-state index contributed by atoms with van der Waals surface area (Å²) in [6, 6.07) is 60.0. The molecule has 0 bridgehead atoms. The molecule has 0 unspecified atom stereocenters. The molecule has 3 heteroatoms. The van der Waals surface area contributed by atoms with Crippen molar-refractivity contribution in [2.75, 3.05) is 0 Å². The number of hydrogen-bond acceptors (Lipinski definition) is 3. The maximum absolute atomic E-state index is 6.10. The monoisotopic (exact) mass is 666 g/mol. The van der Waals surface area contributed by atoms with Crippen LogP contribution in [0.2, 0.25) is 0 Å². The number of aromatic nitrogens is 2. The second kappa shape index (κ2) is 11.8. The van der Waals surface area contributed by atoms with E-state index in [9.17, 15) is 0 Å². The van der Waals surface area contributed by atoms with Gasteiger partial charge in [0, 0.05) is 33.1 Å². The zero-order valence-corrected chi connectivity index (χ0v) is 29.0. The van der Waals surface area contributed by atoms with Gasteiger partial charge in [-0.1, -0.05) is 153 Å². The number of furan rings is 1. The SMILES string of the molecule is CC1(C)c2cc3ccccc3cc2-c2c(-c3cc(-c4ccc(-c5ccc(-c6cc7ccccc7o6)cc5)cc4)nc(-c4ccccc4)n3)cccc21. The van der Waals surface area contributed by atoms with E-state index in [-0.39, 0.29) is 5.41 Å². The van der Waals surface area contributed by atoms with Crippen LogP contribution in [0.15, 0.2) is 174 Å². The molecule has 0 saturated carbocycles. The molecule has 1 aliphatic carbocycles. The average molecular weight is 667 g/mol. The first-order valence-electron chi connectivity index (χ1n) is 17.8. The molecule has 2 heterocycles. The fourth-order valence-electron chi connectivity index (χ4n) is 7.92. The van der Waals surface area contributed by atoms with Crippen molar-refractivity contribution in [2.24, 2.45) is 0 Å². The molecular formula is C49H34N2O. The van der Waals surface area contributed by atoms with Crippen LogP contribution in [0.1, 0.15) is 25.0 Å². The Kier molecular flexibility index (Phi) is 6.84. The van der Waals surface area contributed by atoms with E-state index in [1.807, 2.05) is 36.4 Å². The number of hydrogen-bond donors (Lipinski definition) is 0. The van der Waals surface area contributed by atoms with Gasteiger partial charge in [0.05, 0.1) is 11.4 Å². The second-order valence-corrected chi connectivity index (χ2v) is 14.2. The van der Waals surface area contributed by atoms with Crippen LogP contribution in [-0.4, -0.2) is 9.97 Å². The van der Waals surface area contributed by atoms with Crippen LogP contribution < -0.4 is 0 Å². The van der Waals surface area contributed by atoms with Crippen molar-refractivity contribution in [1.82, 2.24) is 9.97 Å². The third-order valence-corrected chi connectivity index (χ3v) is 10.7. The third kappa shape index (κ3) is 4.97. The van der Waals surface area contributed by atoms with Crippen molar-refractivity contribution >= 4 is 21.7 Å². The van der Waals surface area contributed by atoms with E-state index >= 15 is 0 Å². The predicted molar refractivity (Wildman–Crippen MR) is 214 cm³/mol. The van der Waals surface area contributed by atoms with Gasteiger partial charge in [0.1, 0.15) is 11.3 Å². The van der Waals surface area contributed by atoms with Crippen molar-refractivity contribution in [3.63, 3.8) is 0 Å². The molecule has 0 radical (unpaired) electrons. The molecule has 0 amide bonds. The van der Waals surface area contributed by atoms with Gasteiger partial charge in [0.2, 0.25) is 0 Å². The van der Waals surface area contributed by atoms with Crippen LogP contribution in [0, 0.1) is 0 Å². The predicted octanol–water partition coefficient (Wildman–Crippen LogP) is 13.0. The van der Waals surface area contributed by atoms with Gasteiger partial charge in [-0.25, -0.2) is 9.97 Å². The van der Waals surface area contributed by atoms with Gasteiger partial charge in [0.15, 0.2) is 5.82 Å². The average Bonchev–Trinajstić information content (AvgIpc) is 3.74. The number of rotatable bonds is 5. The molecular weight excluding hydrogens is 633 g/mol. The largest absolute Gasteiger partial charge is 0.456 e. The van der Waals surface area contributed by atoms with Crippen molar-refractivity contribution in [2.45, 2.75) is 19.3 Å². The summed E-state index contributed by atoms with van der Waals surface area (Å²) in [5.74, 6) is 1.59. The lowest BCUT2D eigenvalue weighted by Crippen LogP contribution is -2.14. The van der Waals surface area contributed by atoms with E-state index in [1.54, 1.807) is 0 Å². The summed E-state index contributed by atoms with van der Waals surface area (Å²) in [7, 11) is 0. The molecule has 0 N–H and O–H groups in total. The smallest absolute Gasteiger partial charge is 0.160 e. The fourth-order valence-corrected chi connectivity index (χ4v) is 7.92. The van der Waals surface area contributed by atoms with Gasteiger partial charge in [-0.3, -0.25) is 0 Å². The Morgan fingerprint density at radius 2 is 1.04 bits per heavy atom. The van der Waals surface area contributed by atoms with Gasteiger partial charge < -0.3 is 4.42 Å². The Morgan fingerprint density at radius 3 is 1.77 bits per heavy atom. The molecule has 0 aliphatic heterocycles. The minimum Gasteiger partial charge on any atom is -0.456 e. The van der Waals surface area contributed by atoms with E-state index in [0.717, 1.165) is 61.5 Å². The molecule has 9 aromatic rings. The summed E-state index contributed by atoms with van der Waals surface area (Å²) in [5, 5.41) is 3.63. The standard InChI is InChI=1S/C49H34N2O/c1-49(2)41-17-10-16-39(47(41)40-27-36-13-6-7-14-37(36)28-42(40)49)44-30-43(50-48(51-44)35-11-4-3-5-12-35)33-23-19-31(20-24-33)32-21-25-34(26-22-32)46-29-38-15-8-9-18-45(38)52-46/h3-30H,1-2H3. The topological polar surface area (TPSA) is 38.9 Å². The van der Waals surface area contributed by atoms with Crippen LogP contribution in [0.3, 0.4) is 0 Å². The maximum Gasteiger partial charge on any atom is 0.160 e. The van der Waals surface area contributed by atoms with Crippen molar-refractivity contribution in [1.29, 1.82) is 0 Å². The number of nitrogens with zero attached hydrogens (tertiary/aromatic N) is 2. The van der Waals surface area contributed by atoms with E-state index in [1.165, 1.54) is 33.0 Å². The Hall–Kier alpha value is -6.58. The van der Waals surface area contributed by atoms with Crippen LogP contribution in [0.25, 0.3) is 89.2 Å². The highest BCUT2D eigenvalue weighted by Crippen LogP contribution is 2.53. The highest BCUT2D eigenvalue weighted by atomic mass is 16.3. The van der Waals surface area contributed by atoms with E-state index in [0.29, 0.717) is 5.82 Å². The molecule has 10 rings (SSSR count). The van der Waals surface area contributed by atoms with Crippen LogP contribution in [0.4, 0.5) is 0 Å². The minimum atomic E-state index is -0.136. The van der Waals surface area contributed by atoms with Gasteiger partial charge in [-0.2, -0.15) is 0 Å². The zero-order valence-electron chi connectivity index (χ0n) is 29.0. The van der Waals surface area contributed by atoms with E-state index in [4.69, 9.17) is 14.4 Å². The molecule has 7 aromatic carbocycles. The van der Waals surface area contributed by atoms with Crippen LogP contribution in [-0.2, 0) is 5.41 Å². The first-order chi connectivity index (χ1) is 25.5. The van der Waals surface area contributed by atoms with Gasteiger partial charge in [-0.05, 0) is 74.5 Å². The van der Waals surface area contributed by atoms with E-state index < -0.39 is 0 Å². The Morgan fingerprint density at radius 1 is 0.423 bits per heavy atom. The lowest BCUT2D eigenvalue weighted by molar-refractivity contribution is 0.631. The fraction of sp³-hybridized carbons (Fsp3) is 0.0612. The quantitative estimate of drug-likeness (QED) is 0.183. The highest BCUT2D eigenvalue weighted by Gasteiger charge is 2.37. The first kappa shape index (κ1) is 30.3. The number of para-hydroxylation sites is 1. The molecule has 1 aliphatic rings. The van der Waals surface area contributed by atoms with Crippen molar-refractivity contribution in [3.8, 4) is 67.5 Å². The summed E-state index contributed by atoms with van der Waals surface area (Å²) in [6.45, 7) is 4.68. The summed E-state index contributed by atoms with van der Waals surface area (Å²) < 4.78 is 6.10. The minimum absolute atomic E-state index is 0.136. The summed E-state index contributed by atoms with van der Waals surface area (Å²) in [4.78, 5) is 10.4. The Balaban J connectivity index is 1.06. The third-order valence-electron chi connectivity index (χ3n) is 10.7. The van der Waals surface area contributed by atoms with Crippen LogP contribution >= 0.6 is 0 Å². The Labute approximate surface area is 302 Å². The van der Waals surface area contributed by atoms with Gasteiger partial charge in [-0.15, -0.1) is 0 Å². The molecule has 0 saturated heterocycles. The highest BCUT2D eigenvalue weighted by molar-refractivity contribution is 5.98. The number of benzene rings is 7. The van der Waals surface area contributed by atoms with Gasteiger partial charge >= 0.3 is 0 Å². The summed E-state index contributed by atoms with van der Waals surface area (Å²) in [5.41, 5.74) is 14.3. The molecule has 52 heavy (non-hydrogen) atoms. The maximum atomic E-state index is 6.10. The number of fused-ring (bicyclic) bond motifs is 5. The second-order valence-electron chi connectivity index (χ2n) is 14.2. The lowest BCUT2D eigenvalue weighted by atomic mass is 9.81. The molecule has 0 spiro atoms. The molecule has 2 aromatic heterocycles. The molecule has 3 nitrogen and oxygen atoms in total. The Bertz CT molecular complexity index is 2760. The molecule has 0 atom stereocenters. The van der Waals surface area contributed by atoms with Crippen molar-refractivity contribution in [3.05, 3.63) is 181 Å². The zero-order chi connectivity index (χ0) is 34.8. The van der Waals surface area contributed by atoms with Gasteiger partial charge in [0.25, 0.3) is 0 Å². The first-order valence-corrected chi connectivity index (χ1v) is 17.8. The summed E-state index contributed by atoms with van der Waals surface area (Å²) in [6.07, 6.45) is 0. The molecule has 0 fully saturated rings. The lowest BCUT2D eigenvalue weighted by Gasteiger charge is -2.22. The van der Waals surface area contributed by atoms with E-state index in [2.05, 4.69) is 147 Å². The van der Waals surface area contributed by atoms with Crippen LogP contribution in [0.5, 0.6) is 0 Å². The normalized spacial score (nSPS) is 13.0. The van der Waals surface area contributed by atoms with Crippen molar-refractivity contribution < 1.29 is 4.42 Å². The summed E-state index contributed by atoms with van der Waals surface area (Å²) >= 11 is 0. The molecule has 246 valence electrons.